The zero-order valence-corrected chi connectivity index (χ0v) is 10.5. The maximum absolute atomic E-state index is 5.92. The van der Waals surface area contributed by atoms with Crippen LogP contribution in [0.1, 0.15) is 5.89 Å². The Morgan fingerprint density at radius 3 is 2.69 bits per heavy atom. The van der Waals surface area contributed by atoms with Gasteiger partial charge in [0.1, 0.15) is 0 Å². The van der Waals surface area contributed by atoms with Crippen molar-refractivity contribution in [3.8, 4) is 11.3 Å². The monoisotopic (exact) mass is 275 g/mol. The first kappa shape index (κ1) is 11.8. The standard InChI is InChI=1S/C11H8Cl3NO/c12-4-3-11-15-6-10(16-11)7-1-2-8(13)9(14)5-7/h1-2,5-6H,3-4H2. The smallest absolute Gasteiger partial charge is 0.196 e. The SMILES string of the molecule is ClCCc1ncc(-c2ccc(Cl)c(Cl)c2)o1. The molecule has 0 spiro atoms. The van der Waals surface area contributed by atoms with Gasteiger partial charge in [0.05, 0.1) is 16.2 Å². The molecule has 16 heavy (non-hydrogen) atoms. The molecule has 0 radical (unpaired) electrons. The van der Waals surface area contributed by atoms with Crippen LogP contribution in [0.3, 0.4) is 0 Å². The van der Waals surface area contributed by atoms with Crippen LogP contribution < -0.4 is 0 Å². The Labute approximate surface area is 108 Å². The average Bonchev–Trinajstić information content (AvgIpc) is 2.71. The van der Waals surface area contributed by atoms with E-state index in [9.17, 15) is 0 Å². The summed E-state index contributed by atoms with van der Waals surface area (Å²) in [6, 6.07) is 5.30. The van der Waals surface area contributed by atoms with Gasteiger partial charge in [-0.05, 0) is 18.2 Å². The molecule has 0 atom stereocenters. The van der Waals surface area contributed by atoms with Crippen LogP contribution in [0.5, 0.6) is 0 Å². The molecule has 0 amide bonds. The molecule has 0 N–H and O–H groups in total. The third-order valence-electron chi connectivity index (χ3n) is 2.07. The van der Waals surface area contributed by atoms with Crippen LogP contribution in [0.15, 0.2) is 28.8 Å². The van der Waals surface area contributed by atoms with E-state index in [-0.39, 0.29) is 0 Å². The Morgan fingerprint density at radius 2 is 2.00 bits per heavy atom. The fourth-order valence-electron chi connectivity index (χ4n) is 1.29. The highest BCUT2D eigenvalue weighted by molar-refractivity contribution is 6.42. The molecule has 2 aromatic rings. The minimum Gasteiger partial charge on any atom is -0.441 e. The van der Waals surface area contributed by atoms with Crippen molar-refractivity contribution < 1.29 is 4.42 Å². The molecule has 1 heterocycles. The zero-order chi connectivity index (χ0) is 11.5. The van der Waals surface area contributed by atoms with Gasteiger partial charge in [-0.25, -0.2) is 4.98 Å². The minimum absolute atomic E-state index is 0.487. The molecular formula is C11H8Cl3NO. The molecule has 1 aromatic heterocycles. The second-order valence-corrected chi connectivity index (χ2v) is 4.38. The lowest BCUT2D eigenvalue weighted by atomic mass is 10.2. The maximum atomic E-state index is 5.92. The molecule has 0 saturated heterocycles. The van der Waals surface area contributed by atoms with Gasteiger partial charge in [-0.1, -0.05) is 23.2 Å². The summed E-state index contributed by atoms with van der Waals surface area (Å²) in [7, 11) is 0. The van der Waals surface area contributed by atoms with Gasteiger partial charge >= 0.3 is 0 Å². The van der Waals surface area contributed by atoms with Gasteiger partial charge in [-0.15, -0.1) is 11.6 Å². The van der Waals surface area contributed by atoms with Crippen LogP contribution >= 0.6 is 34.8 Å². The van der Waals surface area contributed by atoms with Gasteiger partial charge < -0.3 is 4.42 Å². The van der Waals surface area contributed by atoms with Crippen molar-refractivity contribution in [2.75, 3.05) is 5.88 Å². The number of benzene rings is 1. The van der Waals surface area contributed by atoms with E-state index in [0.717, 1.165) is 5.56 Å². The maximum Gasteiger partial charge on any atom is 0.196 e. The van der Waals surface area contributed by atoms with Gasteiger partial charge in [-0.2, -0.15) is 0 Å². The number of oxazole rings is 1. The number of alkyl halides is 1. The Hall–Kier alpha value is -0.700. The van der Waals surface area contributed by atoms with E-state index in [1.807, 2.05) is 6.07 Å². The third kappa shape index (κ3) is 2.51. The van der Waals surface area contributed by atoms with Crippen molar-refractivity contribution in [1.29, 1.82) is 0 Å². The molecule has 0 fully saturated rings. The molecule has 84 valence electrons. The van der Waals surface area contributed by atoms with E-state index >= 15 is 0 Å². The second kappa shape index (κ2) is 5.09. The van der Waals surface area contributed by atoms with Crippen LogP contribution in [-0.4, -0.2) is 10.9 Å². The Kier molecular flexibility index (Phi) is 3.74. The van der Waals surface area contributed by atoms with Crippen LogP contribution in [-0.2, 0) is 6.42 Å². The van der Waals surface area contributed by atoms with Crippen molar-refractivity contribution >= 4 is 34.8 Å². The van der Waals surface area contributed by atoms with Crippen molar-refractivity contribution in [2.45, 2.75) is 6.42 Å². The fraction of sp³-hybridized carbons (Fsp3) is 0.182. The molecule has 2 rings (SSSR count). The van der Waals surface area contributed by atoms with E-state index < -0.39 is 0 Å². The molecular weight excluding hydrogens is 268 g/mol. The molecule has 0 bridgehead atoms. The first-order valence-corrected chi connectivity index (χ1v) is 5.96. The number of hydrogen-bond acceptors (Lipinski definition) is 2. The van der Waals surface area contributed by atoms with Crippen LogP contribution in [0.2, 0.25) is 10.0 Å². The average molecular weight is 277 g/mol. The van der Waals surface area contributed by atoms with Gasteiger partial charge in [0.25, 0.3) is 0 Å². The second-order valence-electron chi connectivity index (χ2n) is 3.19. The Balaban J connectivity index is 2.31. The summed E-state index contributed by atoms with van der Waals surface area (Å²) < 4.78 is 5.51. The highest BCUT2D eigenvalue weighted by atomic mass is 35.5. The summed E-state index contributed by atoms with van der Waals surface area (Å²) in [5, 5.41) is 1.01. The first-order valence-electron chi connectivity index (χ1n) is 4.67. The van der Waals surface area contributed by atoms with E-state index in [4.69, 9.17) is 39.2 Å². The lowest BCUT2D eigenvalue weighted by Gasteiger charge is -1.98. The summed E-state index contributed by atoms with van der Waals surface area (Å²) >= 11 is 17.3. The Morgan fingerprint density at radius 1 is 1.19 bits per heavy atom. The number of aryl methyl sites for hydroxylation is 1. The summed E-state index contributed by atoms with van der Waals surface area (Å²) in [6.07, 6.45) is 2.27. The molecule has 0 saturated carbocycles. The lowest BCUT2D eigenvalue weighted by Crippen LogP contribution is -1.83. The highest BCUT2D eigenvalue weighted by Gasteiger charge is 2.07. The van der Waals surface area contributed by atoms with Crippen LogP contribution in [0.4, 0.5) is 0 Å². The quantitative estimate of drug-likeness (QED) is 0.775. The summed E-state index contributed by atoms with van der Waals surface area (Å²) in [6.45, 7) is 0. The van der Waals surface area contributed by atoms with Gasteiger partial charge in [-0.3, -0.25) is 0 Å². The zero-order valence-electron chi connectivity index (χ0n) is 8.21. The largest absolute Gasteiger partial charge is 0.441 e. The van der Waals surface area contributed by atoms with E-state index in [2.05, 4.69) is 4.98 Å². The van der Waals surface area contributed by atoms with E-state index in [1.54, 1.807) is 18.3 Å². The van der Waals surface area contributed by atoms with E-state index in [1.165, 1.54) is 0 Å². The molecule has 0 aliphatic rings. The van der Waals surface area contributed by atoms with Gasteiger partial charge in [0.2, 0.25) is 0 Å². The molecule has 0 unspecified atom stereocenters. The molecule has 2 nitrogen and oxygen atoms in total. The normalized spacial score (nSPS) is 10.7. The third-order valence-corrected chi connectivity index (χ3v) is 2.99. The molecule has 5 heteroatoms. The first-order chi connectivity index (χ1) is 7.70. The van der Waals surface area contributed by atoms with Gasteiger partial charge in [0, 0.05) is 17.9 Å². The van der Waals surface area contributed by atoms with Crippen LogP contribution in [0.25, 0.3) is 11.3 Å². The van der Waals surface area contributed by atoms with Crippen LogP contribution in [0, 0.1) is 0 Å². The number of aromatic nitrogens is 1. The number of halogens is 3. The molecule has 1 aromatic carbocycles. The Bertz CT molecular complexity index is 496. The summed E-state index contributed by atoms with van der Waals surface area (Å²) in [4.78, 5) is 4.11. The predicted octanol–water partition coefficient (Wildman–Crippen LogP) is 4.43. The minimum atomic E-state index is 0.487. The lowest BCUT2D eigenvalue weighted by molar-refractivity contribution is 0.515. The number of hydrogen-bond donors (Lipinski definition) is 0. The summed E-state index contributed by atoms with van der Waals surface area (Å²) in [5.41, 5.74) is 0.850. The predicted molar refractivity (Wildman–Crippen MR) is 66.4 cm³/mol. The van der Waals surface area contributed by atoms with E-state index in [0.29, 0.717) is 34.0 Å². The summed E-state index contributed by atoms with van der Waals surface area (Å²) in [5.74, 6) is 1.77. The van der Waals surface area contributed by atoms with Gasteiger partial charge in [0.15, 0.2) is 11.7 Å². The van der Waals surface area contributed by atoms with Crippen molar-refractivity contribution in [3.05, 3.63) is 40.3 Å². The fourth-order valence-corrected chi connectivity index (χ4v) is 1.75. The number of rotatable bonds is 3. The van der Waals surface area contributed by atoms with Crippen molar-refractivity contribution in [1.82, 2.24) is 4.98 Å². The topological polar surface area (TPSA) is 26.0 Å². The highest BCUT2D eigenvalue weighted by Crippen LogP contribution is 2.28. The molecule has 0 aliphatic heterocycles. The molecule has 0 aliphatic carbocycles. The van der Waals surface area contributed by atoms with Crippen molar-refractivity contribution in [3.63, 3.8) is 0 Å². The van der Waals surface area contributed by atoms with Crippen molar-refractivity contribution in [2.24, 2.45) is 0 Å². The number of nitrogens with zero attached hydrogens (tertiary/aromatic N) is 1.